The van der Waals surface area contributed by atoms with Crippen LogP contribution in [0.25, 0.3) is 0 Å². The van der Waals surface area contributed by atoms with Gasteiger partial charge in [0.1, 0.15) is 5.75 Å². The highest BCUT2D eigenvalue weighted by Gasteiger charge is 2.31. The van der Waals surface area contributed by atoms with Gasteiger partial charge in [0.05, 0.1) is 17.2 Å². The van der Waals surface area contributed by atoms with Gasteiger partial charge in [-0.2, -0.15) is 0 Å². The van der Waals surface area contributed by atoms with Gasteiger partial charge in [-0.3, -0.25) is 0 Å². The minimum atomic E-state index is -0.116. The first-order chi connectivity index (χ1) is 7.15. The molecule has 0 bridgehead atoms. The van der Waals surface area contributed by atoms with Gasteiger partial charge >= 0.3 is 0 Å². The number of halogens is 1. The molecular weight excluding hydrogens is 256 g/mol. The van der Waals surface area contributed by atoms with Crippen LogP contribution in [0.5, 0.6) is 5.75 Å². The van der Waals surface area contributed by atoms with Crippen LogP contribution in [0.15, 0.2) is 22.7 Å². The molecule has 1 fully saturated rings. The molecule has 1 aromatic rings. The van der Waals surface area contributed by atoms with Crippen molar-refractivity contribution < 1.29 is 9.47 Å². The highest BCUT2D eigenvalue weighted by Crippen LogP contribution is 2.38. The molecule has 1 unspecified atom stereocenters. The van der Waals surface area contributed by atoms with Crippen LogP contribution < -0.4 is 4.74 Å². The summed E-state index contributed by atoms with van der Waals surface area (Å²) >= 11 is 3.50. The number of rotatable bonds is 2. The van der Waals surface area contributed by atoms with Gasteiger partial charge < -0.3 is 9.47 Å². The van der Waals surface area contributed by atoms with Crippen molar-refractivity contribution in [3.8, 4) is 5.75 Å². The predicted octanol–water partition coefficient (Wildman–Crippen LogP) is 3.48. The molecule has 0 radical (unpaired) electrons. The SMILES string of the molecule is COc1ccc(C2(C)CCCO2)cc1Br. The number of benzene rings is 1. The van der Waals surface area contributed by atoms with Crippen LogP contribution in [0.2, 0.25) is 0 Å². The van der Waals surface area contributed by atoms with Gasteiger partial charge in [0, 0.05) is 6.61 Å². The van der Waals surface area contributed by atoms with E-state index in [0.717, 1.165) is 29.7 Å². The van der Waals surface area contributed by atoms with Crippen molar-refractivity contribution in [3.05, 3.63) is 28.2 Å². The fraction of sp³-hybridized carbons (Fsp3) is 0.500. The van der Waals surface area contributed by atoms with Gasteiger partial charge in [-0.15, -0.1) is 0 Å². The van der Waals surface area contributed by atoms with Crippen molar-refractivity contribution in [2.75, 3.05) is 13.7 Å². The van der Waals surface area contributed by atoms with Gasteiger partial charge in [0.15, 0.2) is 0 Å². The van der Waals surface area contributed by atoms with Crippen LogP contribution >= 0.6 is 15.9 Å². The average molecular weight is 271 g/mol. The smallest absolute Gasteiger partial charge is 0.133 e. The van der Waals surface area contributed by atoms with Crippen molar-refractivity contribution in [2.45, 2.75) is 25.4 Å². The van der Waals surface area contributed by atoms with Crippen LogP contribution in [0, 0.1) is 0 Å². The molecule has 1 aliphatic rings. The number of hydrogen-bond acceptors (Lipinski definition) is 2. The van der Waals surface area contributed by atoms with E-state index in [0.29, 0.717) is 0 Å². The minimum Gasteiger partial charge on any atom is -0.496 e. The van der Waals surface area contributed by atoms with E-state index in [1.807, 2.05) is 6.07 Å². The van der Waals surface area contributed by atoms with E-state index in [2.05, 4.69) is 35.0 Å². The zero-order valence-electron chi connectivity index (χ0n) is 9.05. The molecule has 0 aliphatic carbocycles. The van der Waals surface area contributed by atoms with Crippen LogP contribution in [0.4, 0.5) is 0 Å². The second-order valence-electron chi connectivity index (χ2n) is 4.03. The summed E-state index contributed by atoms with van der Waals surface area (Å²) in [4.78, 5) is 0. The Balaban J connectivity index is 2.33. The van der Waals surface area contributed by atoms with Gasteiger partial charge in [0.2, 0.25) is 0 Å². The lowest BCUT2D eigenvalue weighted by atomic mass is 9.93. The third kappa shape index (κ3) is 2.04. The first-order valence-corrected chi connectivity index (χ1v) is 5.93. The first-order valence-electron chi connectivity index (χ1n) is 5.14. The molecule has 1 atom stereocenters. The number of ether oxygens (including phenoxy) is 2. The molecular formula is C12H15BrO2. The summed E-state index contributed by atoms with van der Waals surface area (Å²) < 4.78 is 12.0. The van der Waals surface area contributed by atoms with Gasteiger partial charge in [-0.05, 0) is 53.4 Å². The van der Waals surface area contributed by atoms with E-state index in [1.165, 1.54) is 5.56 Å². The summed E-state index contributed by atoms with van der Waals surface area (Å²) in [5, 5.41) is 0. The zero-order valence-corrected chi connectivity index (χ0v) is 10.6. The predicted molar refractivity (Wildman–Crippen MR) is 63.2 cm³/mol. The fourth-order valence-electron chi connectivity index (χ4n) is 2.00. The Morgan fingerprint density at radius 3 is 2.80 bits per heavy atom. The van der Waals surface area contributed by atoms with E-state index in [4.69, 9.17) is 9.47 Å². The molecule has 1 aromatic carbocycles. The van der Waals surface area contributed by atoms with Crippen molar-refractivity contribution in [2.24, 2.45) is 0 Å². The van der Waals surface area contributed by atoms with E-state index in [9.17, 15) is 0 Å². The van der Waals surface area contributed by atoms with E-state index < -0.39 is 0 Å². The van der Waals surface area contributed by atoms with Crippen LogP contribution in [0.3, 0.4) is 0 Å². The molecule has 0 saturated carbocycles. The quantitative estimate of drug-likeness (QED) is 0.819. The second-order valence-corrected chi connectivity index (χ2v) is 4.89. The van der Waals surface area contributed by atoms with Crippen LogP contribution in [-0.4, -0.2) is 13.7 Å². The molecule has 1 saturated heterocycles. The standard InChI is InChI=1S/C12H15BrO2/c1-12(6-3-7-15-12)9-4-5-11(14-2)10(13)8-9/h4-5,8H,3,6-7H2,1-2H3. The summed E-state index contributed by atoms with van der Waals surface area (Å²) in [6.07, 6.45) is 2.23. The Kier molecular flexibility index (Phi) is 3.03. The molecule has 0 N–H and O–H groups in total. The molecule has 2 rings (SSSR count). The van der Waals surface area contributed by atoms with E-state index in [1.54, 1.807) is 7.11 Å². The fourth-order valence-corrected chi connectivity index (χ4v) is 2.54. The van der Waals surface area contributed by atoms with Crippen molar-refractivity contribution in [1.29, 1.82) is 0 Å². The second kappa shape index (κ2) is 4.14. The Morgan fingerprint density at radius 1 is 1.47 bits per heavy atom. The molecule has 3 heteroatoms. The highest BCUT2D eigenvalue weighted by molar-refractivity contribution is 9.10. The van der Waals surface area contributed by atoms with Crippen LogP contribution in [0.1, 0.15) is 25.3 Å². The topological polar surface area (TPSA) is 18.5 Å². The molecule has 0 aromatic heterocycles. The lowest BCUT2D eigenvalue weighted by molar-refractivity contribution is 0.0167. The molecule has 2 nitrogen and oxygen atoms in total. The first kappa shape index (κ1) is 11.0. The molecule has 0 amide bonds. The highest BCUT2D eigenvalue weighted by atomic mass is 79.9. The van der Waals surface area contributed by atoms with E-state index in [-0.39, 0.29) is 5.60 Å². The maximum atomic E-state index is 5.79. The molecule has 1 heterocycles. The van der Waals surface area contributed by atoms with Gasteiger partial charge in [-0.1, -0.05) is 6.07 Å². The number of hydrogen-bond donors (Lipinski definition) is 0. The third-order valence-corrected chi connectivity index (χ3v) is 3.60. The number of methoxy groups -OCH3 is 1. The maximum absolute atomic E-state index is 5.79. The average Bonchev–Trinajstić information content (AvgIpc) is 2.66. The molecule has 82 valence electrons. The lowest BCUT2D eigenvalue weighted by Crippen LogP contribution is -2.19. The minimum absolute atomic E-state index is 0.116. The summed E-state index contributed by atoms with van der Waals surface area (Å²) in [6.45, 7) is 3.01. The zero-order chi connectivity index (χ0) is 10.9. The largest absolute Gasteiger partial charge is 0.496 e. The summed E-state index contributed by atoms with van der Waals surface area (Å²) in [6, 6.07) is 6.14. The van der Waals surface area contributed by atoms with E-state index >= 15 is 0 Å². The summed E-state index contributed by atoms with van der Waals surface area (Å²) in [7, 11) is 1.67. The van der Waals surface area contributed by atoms with Gasteiger partial charge in [0.25, 0.3) is 0 Å². The molecule has 15 heavy (non-hydrogen) atoms. The summed E-state index contributed by atoms with van der Waals surface area (Å²) in [5.41, 5.74) is 1.10. The molecule has 1 aliphatic heterocycles. The normalized spacial score (nSPS) is 25.5. The van der Waals surface area contributed by atoms with Crippen molar-refractivity contribution in [3.63, 3.8) is 0 Å². The monoisotopic (exact) mass is 270 g/mol. The molecule has 0 spiro atoms. The Hall–Kier alpha value is -0.540. The maximum Gasteiger partial charge on any atom is 0.133 e. The Morgan fingerprint density at radius 2 is 2.27 bits per heavy atom. The third-order valence-electron chi connectivity index (χ3n) is 2.98. The summed E-state index contributed by atoms with van der Waals surface area (Å²) in [5.74, 6) is 0.861. The lowest BCUT2D eigenvalue weighted by Gasteiger charge is -2.24. The van der Waals surface area contributed by atoms with Gasteiger partial charge in [-0.25, -0.2) is 0 Å². The Bertz CT molecular complexity index is 357. The van der Waals surface area contributed by atoms with Crippen molar-refractivity contribution >= 4 is 15.9 Å². The Labute approximate surface area is 98.7 Å². The van der Waals surface area contributed by atoms with Crippen molar-refractivity contribution in [1.82, 2.24) is 0 Å². The van der Waals surface area contributed by atoms with Crippen LogP contribution in [-0.2, 0) is 10.3 Å².